The highest BCUT2D eigenvalue weighted by molar-refractivity contribution is 5.71. The Kier molecular flexibility index (Phi) is 50.1. The molecule has 0 bridgehead atoms. The maximum atomic E-state index is 12.8. The molecule has 0 spiro atoms. The molecule has 0 aliphatic rings. The van der Waals surface area contributed by atoms with Crippen molar-refractivity contribution in [2.45, 2.75) is 329 Å². The summed E-state index contributed by atoms with van der Waals surface area (Å²) >= 11 is 0. The second-order valence-electron chi connectivity index (χ2n) is 20.1. The summed E-state index contributed by atoms with van der Waals surface area (Å²) in [7, 11) is 0. The van der Waals surface area contributed by atoms with Gasteiger partial charge in [-0.3, -0.25) is 14.4 Å². The molecule has 0 N–H and O–H groups in total. The van der Waals surface area contributed by atoms with Crippen molar-refractivity contribution in [3.63, 3.8) is 0 Å². The molecule has 0 fully saturated rings. The van der Waals surface area contributed by atoms with Crippen LogP contribution < -0.4 is 0 Å². The Balaban J connectivity index is 4.25. The zero-order chi connectivity index (χ0) is 45.9. The lowest BCUT2D eigenvalue weighted by Gasteiger charge is -2.18. The zero-order valence-corrected chi connectivity index (χ0v) is 43.0. The van der Waals surface area contributed by atoms with Crippen molar-refractivity contribution >= 4 is 17.9 Å². The van der Waals surface area contributed by atoms with Crippen LogP contribution in [-0.4, -0.2) is 37.2 Å². The topological polar surface area (TPSA) is 78.9 Å². The van der Waals surface area contributed by atoms with E-state index < -0.39 is 6.10 Å². The fourth-order valence-electron chi connectivity index (χ4n) is 8.75. The first kappa shape index (κ1) is 61.4. The van der Waals surface area contributed by atoms with Gasteiger partial charge in [0.05, 0.1) is 0 Å². The van der Waals surface area contributed by atoms with Gasteiger partial charge in [-0.2, -0.15) is 0 Å². The quantitative estimate of drug-likeness (QED) is 0.0344. The van der Waals surface area contributed by atoms with E-state index >= 15 is 0 Å². The Bertz CT molecular complexity index is 949. The highest BCUT2D eigenvalue weighted by Crippen LogP contribution is 2.18. The molecule has 6 nitrogen and oxygen atoms in total. The molecule has 0 amide bonds. The lowest BCUT2D eigenvalue weighted by molar-refractivity contribution is -0.167. The Labute approximate surface area is 393 Å². The maximum Gasteiger partial charge on any atom is 0.306 e. The Morgan fingerprint density at radius 3 is 0.778 bits per heavy atom. The normalized spacial score (nSPS) is 12.0. The molecule has 0 saturated carbocycles. The van der Waals surface area contributed by atoms with E-state index in [-0.39, 0.29) is 31.1 Å². The van der Waals surface area contributed by atoms with Crippen LogP contribution in [0.4, 0.5) is 0 Å². The van der Waals surface area contributed by atoms with Gasteiger partial charge in [-0.1, -0.05) is 285 Å². The predicted octanol–water partition coefficient (Wildman–Crippen LogP) is 18.6. The van der Waals surface area contributed by atoms with E-state index in [0.29, 0.717) is 19.3 Å². The van der Waals surface area contributed by atoms with Crippen LogP contribution in [-0.2, 0) is 28.6 Å². The average molecular weight is 892 g/mol. The van der Waals surface area contributed by atoms with Gasteiger partial charge in [-0.25, -0.2) is 0 Å². The van der Waals surface area contributed by atoms with Crippen molar-refractivity contribution < 1.29 is 28.6 Å². The summed E-state index contributed by atoms with van der Waals surface area (Å²) in [5.74, 6) is -0.00668. The number of carbonyl (C=O) groups is 3. The van der Waals surface area contributed by atoms with Crippen molar-refractivity contribution in [1.29, 1.82) is 0 Å². The van der Waals surface area contributed by atoms with Crippen LogP contribution in [0.3, 0.4) is 0 Å². The van der Waals surface area contributed by atoms with Crippen molar-refractivity contribution in [1.82, 2.24) is 0 Å². The largest absolute Gasteiger partial charge is 0.462 e. The SMILES string of the molecule is CCCCCCCCCCCCCCCCCCCCCC(=O)OC[C@@H](COC(=O)CCCCCCCCCCCCC)OC(=O)CCCCCCCCCCCCCCC(C)C. The third-order valence-corrected chi connectivity index (χ3v) is 13.0. The molecule has 0 aromatic heterocycles. The Hall–Kier alpha value is -1.59. The van der Waals surface area contributed by atoms with Gasteiger partial charge < -0.3 is 14.2 Å². The smallest absolute Gasteiger partial charge is 0.306 e. The number of esters is 3. The number of ether oxygens (including phenoxy) is 3. The van der Waals surface area contributed by atoms with Gasteiger partial charge in [0.1, 0.15) is 13.2 Å². The highest BCUT2D eigenvalue weighted by Gasteiger charge is 2.19. The van der Waals surface area contributed by atoms with E-state index in [9.17, 15) is 14.4 Å². The third-order valence-electron chi connectivity index (χ3n) is 13.0. The minimum Gasteiger partial charge on any atom is -0.462 e. The van der Waals surface area contributed by atoms with Gasteiger partial charge in [0.2, 0.25) is 0 Å². The van der Waals surface area contributed by atoms with Gasteiger partial charge in [-0.05, 0) is 25.2 Å². The lowest BCUT2D eigenvalue weighted by Crippen LogP contribution is -2.30. The summed E-state index contributed by atoms with van der Waals surface area (Å²) in [5, 5.41) is 0. The molecular formula is C57H110O6. The number of rotatable bonds is 52. The second kappa shape index (κ2) is 51.4. The summed E-state index contributed by atoms with van der Waals surface area (Å²) in [6, 6.07) is 0. The van der Waals surface area contributed by atoms with E-state index in [4.69, 9.17) is 14.2 Å². The summed E-state index contributed by atoms with van der Waals surface area (Å²) < 4.78 is 16.9. The van der Waals surface area contributed by atoms with E-state index in [2.05, 4.69) is 27.7 Å². The fourth-order valence-corrected chi connectivity index (χ4v) is 8.75. The molecule has 0 aromatic rings. The van der Waals surface area contributed by atoms with Crippen molar-refractivity contribution in [3.05, 3.63) is 0 Å². The number of unbranched alkanes of at least 4 members (excludes halogenated alkanes) is 39. The van der Waals surface area contributed by atoms with Gasteiger partial charge in [-0.15, -0.1) is 0 Å². The highest BCUT2D eigenvalue weighted by atomic mass is 16.6. The van der Waals surface area contributed by atoms with Crippen molar-refractivity contribution in [3.8, 4) is 0 Å². The van der Waals surface area contributed by atoms with E-state index in [1.165, 1.54) is 218 Å². The second-order valence-corrected chi connectivity index (χ2v) is 20.1. The van der Waals surface area contributed by atoms with E-state index in [1.54, 1.807) is 0 Å². The molecule has 1 atom stereocenters. The molecule has 63 heavy (non-hydrogen) atoms. The molecule has 0 heterocycles. The first-order valence-electron chi connectivity index (χ1n) is 28.4. The summed E-state index contributed by atoms with van der Waals surface area (Å²) in [4.78, 5) is 38.0. The molecule has 0 aliphatic carbocycles. The van der Waals surface area contributed by atoms with Crippen molar-refractivity contribution in [2.24, 2.45) is 5.92 Å². The lowest BCUT2D eigenvalue weighted by atomic mass is 10.0. The Morgan fingerprint density at radius 1 is 0.302 bits per heavy atom. The molecular weight excluding hydrogens is 781 g/mol. The zero-order valence-electron chi connectivity index (χ0n) is 43.0. The van der Waals surface area contributed by atoms with E-state index in [1.807, 2.05) is 0 Å². The molecule has 6 heteroatoms. The Morgan fingerprint density at radius 2 is 0.524 bits per heavy atom. The third kappa shape index (κ3) is 51.3. The van der Waals surface area contributed by atoms with Crippen LogP contribution in [0.25, 0.3) is 0 Å². The number of hydrogen-bond acceptors (Lipinski definition) is 6. The van der Waals surface area contributed by atoms with Crippen LogP contribution in [0.1, 0.15) is 323 Å². The molecule has 0 rings (SSSR count). The number of carbonyl (C=O) groups excluding carboxylic acids is 3. The van der Waals surface area contributed by atoms with E-state index in [0.717, 1.165) is 63.7 Å². The van der Waals surface area contributed by atoms with Crippen molar-refractivity contribution in [2.75, 3.05) is 13.2 Å². The molecule has 0 unspecified atom stereocenters. The minimum absolute atomic E-state index is 0.0621. The first-order valence-corrected chi connectivity index (χ1v) is 28.4. The molecule has 374 valence electrons. The standard InChI is InChI=1S/C57H110O6/c1-5-7-9-11-13-15-17-18-19-20-21-22-23-24-29-33-37-41-45-49-56(59)62-52-54(51-61-55(58)48-44-40-36-32-27-16-14-12-10-8-6-2)63-57(60)50-46-42-38-34-30-26-25-28-31-35-39-43-47-53(3)4/h53-54H,5-52H2,1-4H3/t54-/m1/s1. The first-order chi connectivity index (χ1) is 30.9. The number of hydrogen-bond donors (Lipinski definition) is 0. The van der Waals surface area contributed by atoms with Crippen LogP contribution in [0, 0.1) is 5.92 Å². The fraction of sp³-hybridized carbons (Fsp3) is 0.947. The van der Waals surface area contributed by atoms with Gasteiger partial charge >= 0.3 is 17.9 Å². The summed E-state index contributed by atoms with van der Waals surface area (Å²) in [6.45, 7) is 9.04. The average Bonchev–Trinajstić information content (AvgIpc) is 3.27. The summed E-state index contributed by atoms with van der Waals surface area (Å²) in [5.41, 5.74) is 0. The molecule has 0 aliphatic heterocycles. The summed E-state index contributed by atoms with van der Waals surface area (Å²) in [6.07, 6.45) is 55.2. The molecule has 0 aromatic carbocycles. The van der Waals surface area contributed by atoms with Crippen LogP contribution in [0.15, 0.2) is 0 Å². The predicted molar refractivity (Wildman–Crippen MR) is 270 cm³/mol. The van der Waals surface area contributed by atoms with Gasteiger partial charge in [0, 0.05) is 19.3 Å². The molecule has 0 radical (unpaired) electrons. The van der Waals surface area contributed by atoms with Gasteiger partial charge in [0.15, 0.2) is 6.10 Å². The van der Waals surface area contributed by atoms with Crippen LogP contribution >= 0.6 is 0 Å². The molecule has 0 saturated heterocycles. The van der Waals surface area contributed by atoms with Gasteiger partial charge in [0.25, 0.3) is 0 Å². The monoisotopic (exact) mass is 891 g/mol. The van der Waals surface area contributed by atoms with Crippen LogP contribution in [0.5, 0.6) is 0 Å². The maximum absolute atomic E-state index is 12.8. The van der Waals surface area contributed by atoms with Crippen LogP contribution in [0.2, 0.25) is 0 Å². The minimum atomic E-state index is -0.761.